The van der Waals surface area contributed by atoms with Crippen LogP contribution in [0.25, 0.3) is 21.7 Å². The van der Waals surface area contributed by atoms with Gasteiger partial charge in [0.05, 0.1) is 0 Å². The number of aryl methyl sites for hydroxylation is 2. The van der Waals surface area contributed by atoms with E-state index in [9.17, 15) is 0 Å². The molecule has 0 spiro atoms. The van der Waals surface area contributed by atoms with Gasteiger partial charge >= 0.3 is 0 Å². The summed E-state index contributed by atoms with van der Waals surface area (Å²) in [5.41, 5.74) is 5.88. The first kappa shape index (κ1) is 26.4. The molecule has 0 aliphatic heterocycles. The van der Waals surface area contributed by atoms with Crippen LogP contribution in [0.15, 0.2) is 91.4 Å². The highest BCUT2D eigenvalue weighted by Crippen LogP contribution is 2.45. The van der Waals surface area contributed by atoms with E-state index in [0.29, 0.717) is 23.2 Å². The fraction of sp³-hybridized carbons (Fsp3) is 0.353. The maximum atomic E-state index is 6.29. The van der Waals surface area contributed by atoms with E-state index in [0.717, 1.165) is 18.7 Å². The number of ether oxygens (including phenoxy) is 1. The van der Waals surface area contributed by atoms with Gasteiger partial charge in [0.15, 0.2) is 8.24 Å². The van der Waals surface area contributed by atoms with E-state index in [2.05, 4.69) is 136 Å². The number of hydrogen-bond donors (Lipinski definition) is 0. The van der Waals surface area contributed by atoms with Gasteiger partial charge in [0.2, 0.25) is 0 Å². The molecule has 38 heavy (non-hydrogen) atoms. The summed E-state index contributed by atoms with van der Waals surface area (Å²) in [6.07, 6.45) is 8.06. The first-order chi connectivity index (χ1) is 18.3. The van der Waals surface area contributed by atoms with Crippen LogP contribution in [0.5, 0.6) is 5.75 Å². The van der Waals surface area contributed by atoms with Crippen LogP contribution in [0.4, 0.5) is 0 Å². The van der Waals surface area contributed by atoms with Crippen LogP contribution < -0.4 is 4.74 Å². The molecule has 198 valence electrons. The zero-order valence-electron chi connectivity index (χ0n) is 23.8. The van der Waals surface area contributed by atoms with Crippen molar-refractivity contribution in [3.8, 4) is 5.75 Å². The van der Waals surface area contributed by atoms with Crippen molar-refractivity contribution in [2.45, 2.75) is 77.7 Å². The molecule has 0 N–H and O–H groups in total. The predicted octanol–water partition coefficient (Wildman–Crippen LogP) is 9.44. The molecule has 4 heteroatoms. The number of benzene rings is 3. The lowest BCUT2D eigenvalue weighted by Crippen LogP contribution is -2.51. The van der Waals surface area contributed by atoms with Gasteiger partial charge in [-0.05, 0) is 69.3 Å². The van der Waals surface area contributed by atoms with Gasteiger partial charge in [-0.15, -0.1) is 0 Å². The molecule has 2 heterocycles. The third kappa shape index (κ3) is 4.82. The number of aromatic nitrogens is 2. The Labute approximate surface area is 229 Å². The first-order valence-corrected chi connectivity index (χ1v) is 16.3. The number of nitrogens with zero attached hydrogens (tertiary/aromatic N) is 2. The monoisotopic (exact) mass is 522 g/mol. The highest BCUT2D eigenvalue weighted by atomic mass is 28.3. The molecule has 0 amide bonds. The largest absolute Gasteiger partial charge is 0.489 e. The second kappa shape index (κ2) is 10.9. The fourth-order valence-electron chi connectivity index (χ4n) is 6.98. The smallest absolute Gasteiger partial charge is 0.169 e. The highest BCUT2D eigenvalue weighted by Gasteiger charge is 2.46. The zero-order valence-corrected chi connectivity index (χ0v) is 24.8. The van der Waals surface area contributed by atoms with Gasteiger partial charge in [-0.3, -0.25) is 0 Å². The zero-order chi connectivity index (χ0) is 26.9. The van der Waals surface area contributed by atoms with Crippen LogP contribution >= 0.6 is 0 Å². The van der Waals surface area contributed by atoms with Crippen molar-refractivity contribution in [3.05, 3.63) is 103 Å². The minimum atomic E-state index is -1.90. The minimum absolute atomic E-state index is 0.584. The Morgan fingerprint density at radius 3 is 1.92 bits per heavy atom. The quantitative estimate of drug-likeness (QED) is 0.167. The fourth-order valence-corrected chi connectivity index (χ4v) is 13.6. The molecule has 0 saturated carbocycles. The molecule has 3 nitrogen and oxygen atoms in total. The Morgan fingerprint density at radius 1 is 0.711 bits per heavy atom. The van der Waals surface area contributed by atoms with Crippen LogP contribution in [-0.4, -0.2) is 17.0 Å². The Hall–Kier alpha value is -3.24. The summed E-state index contributed by atoms with van der Waals surface area (Å²) in [4.78, 5) is 0. The Bertz CT molecular complexity index is 1460. The summed E-state index contributed by atoms with van der Waals surface area (Å²) in [6, 6.07) is 25.8. The third-order valence-electron chi connectivity index (χ3n) is 8.54. The van der Waals surface area contributed by atoms with Crippen molar-refractivity contribution >= 4 is 29.9 Å². The van der Waals surface area contributed by atoms with Crippen molar-refractivity contribution in [1.29, 1.82) is 0 Å². The average Bonchev–Trinajstić information content (AvgIpc) is 3.48. The van der Waals surface area contributed by atoms with Crippen molar-refractivity contribution in [2.24, 2.45) is 0 Å². The molecule has 5 aromatic rings. The van der Waals surface area contributed by atoms with E-state index >= 15 is 0 Å². The van der Waals surface area contributed by atoms with Gasteiger partial charge in [0.1, 0.15) is 12.4 Å². The van der Waals surface area contributed by atoms with Crippen molar-refractivity contribution in [1.82, 2.24) is 8.80 Å². The third-order valence-corrected chi connectivity index (χ3v) is 15.3. The van der Waals surface area contributed by atoms with Gasteiger partial charge in [-0.2, -0.15) is 0 Å². The summed E-state index contributed by atoms with van der Waals surface area (Å²) >= 11 is 0. The summed E-state index contributed by atoms with van der Waals surface area (Å²) in [5, 5.41) is 3.95. The van der Waals surface area contributed by atoms with E-state index in [1.54, 1.807) is 0 Å². The summed E-state index contributed by atoms with van der Waals surface area (Å²) < 4.78 is 11.4. The molecule has 5 rings (SSSR count). The van der Waals surface area contributed by atoms with Crippen LogP contribution in [0, 0.1) is 0 Å². The molecule has 0 aliphatic rings. The first-order valence-electron chi connectivity index (χ1n) is 14.2. The van der Waals surface area contributed by atoms with Crippen LogP contribution in [0.2, 0.25) is 16.6 Å². The molecule has 0 fully saturated rings. The molecule has 0 aliphatic carbocycles. The summed E-state index contributed by atoms with van der Waals surface area (Å²) in [6.45, 7) is 16.2. The predicted molar refractivity (Wildman–Crippen MR) is 165 cm³/mol. The molecule has 0 saturated heterocycles. The summed E-state index contributed by atoms with van der Waals surface area (Å²) in [7, 11) is -1.90. The van der Waals surface area contributed by atoms with E-state index in [4.69, 9.17) is 4.74 Å². The van der Waals surface area contributed by atoms with Gasteiger partial charge < -0.3 is 13.5 Å². The molecule has 0 radical (unpaired) electrons. The lowest BCUT2D eigenvalue weighted by Gasteiger charge is -2.44. The van der Waals surface area contributed by atoms with Gasteiger partial charge in [0.25, 0.3) is 0 Å². The normalized spacial score (nSPS) is 12.4. The number of hydrogen-bond acceptors (Lipinski definition) is 1. The average molecular weight is 523 g/mol. The van der Waals surface area contributed by atoms with Crippen molar-refractivity contribution in [3.63, 3.8) is 0 Å². The molecule has 0 unspecified atom stereocenters. The molecule has 2 aromatic heterocycles. The van der Waals surface area contributed by atoms with Crippen molar-refractivity contribution < 1.29 is 4.74 Å². The van der Waals surface area contributed by atoms with E-state index in [-0.39, 0.29) is 0 Å². The lowest BCUT2D eigenvalue weighted by molar-refractivity contribution is 0.306. The van der Waals surface area contributed by atoms with Gasteiger partial charge in [0, 0.05) is 29.8 Å². The minimum Gasteiger partial charge on any atom is -0.489 e. The Balaban J connectivity index is 1.55. The molecular formula is C34H42N2OSi. The molecule has 3 aromatic carbocycles. The van der Waals surface area contributed by atoms with E-state index in [1.807, 2.05) is 6.07 Å². The highest BCUT2D eigenvalue weighted by molar-refractivity contribution is 6.82. The molecular weight excluding hydrogens is 480 g/mol. The van der Waals surface area contributed by atoms with E-state index in [1.165, 1.54) is 32.8 Å². The summed E-state index contributed by atoms with van der Waals surface area (Å²) in [5.74, 6) is 0.943. The van der Waals surface area contributed by atoms with Crippen molar-refractivity contribution in [2.75, 3.05) is 0 Å². The molecule has 0 atom stereocenters. The number of rotatable bonds is 10. The van der Waals surface area contributed by atoms with Crippen LogP contribution in [0.1, 0.15) is 52.7 Å². The van der Waals surface area contributed by atoms with Gasteiger partial charge in [-0.1, -0.05) is 96.1 Å². The Morgan fingerprint density at radius 2 is 1.32 bits per heavy atom. The number of fused-ring (bicyclic) bond motifs is 2. The topological polar surface area (TPSA) is 19.1 Å². The lowest BCUT2D eigenvalue weighted by atomic mass is 10.1. The van der Waals surface area contributed by atoms with Gasteiger partial charge in [-0.25, -0.2) is 0 Å². The maximum Gasteiger partial charge on any atom is 0.169 e. The van der Waals surface area contributed by atoms with E-state index < -0.39 is 8.24 Å². The SMILES string of the molecule is CC(C)[Si](C(C)C)(C(C)C)n1cc(CCn2cc3ccccc3c2)c2cc(OCc3ccccc3)ccc21. The second-order valence-corrected chi connectivity index (χ2v) is 17.4. The van der Waals surface area contributed by atoms with Crippen LogP contribution in [0.3, 0.4) is 0 Å². The van der Waals surface area contributed by atoms with Crippen LogP contribution in [-0.2, 0) is 19.6 Å². The molecule has 0 bridgehead atoms. The standard InChI is InChI=1S/C34H42N2OSi/c1-25(2)38(26(3)4,27(5)6)36-23-31(18-19-35-21-29-14-10-11-15-30(29)22-35)33-20-32(16-17-34(33)36)37-24-28-12-8-7-9-13-28/h7-17,20-23,25-27H,18-19,24H2,1-6H3. The Kier molecular flexibility index (Phi) is 7.53. The second-order valence-electron chi connectivity index (χ2n) is 11.7. The maximum absolute atomic E-state index is 6.29.